The van der Waals surface area contributed by atoms with Gasteiger partial charge in [0.2, 0.25) is 5.79 Å². The average Bonchev–Trinajstić information content (AvgIpc) is 2.67. The molecule has 0 saturated carbocycles. The van der Waals surface area contributed by atoms with Crippen molar-refractivity contribution in [2.24, 2.45) is 0 Å². The summed E-state index contributed by atoms with van der Waals surface area (Å²) in [7, 11) is 0. The van der Waals surface area contributed by atoms with Gasteiger partial charge in [0.05, 0.1) is 6.61 Å². The second-order valence-corrected chi connectivity index (χ2v) is 2.31. The van der Waals surface area contributed by atoms with Crippen molar-refractivity contribution in [2.45, 2.75) is 11.4 Å². The normalized spacial score (nSPS) is 31.4. The quantitative estimate of drug-likeness (QED) is 0.326. The van der Waals surface area contributed by atoms with Crippen molar-refractivity contribution in [1.29, 1.82) is 0 Å². The van der Waals surface area contributed by atoms with E-state index in [9.17, 15) is 0 Å². The molecule has 3 heteroatoms. The second-order valence-electron chi connectivity index (χ2n) is 2.31. The standard InChI is InChI=1S/C7H10O3/c1-3-6(5-10-6)7(8,9)4-2/h3-4,8-9H,1-2,5H2. The number of ether oxygens (including phenoxy) is 1. The van der Waals surface area contributed by atoms with E-state index in [0.29, 0.717) is 0 Å². The predicted molar refractivity (Wildman–Crippen MR) is 36.2 cm³/mol. The van der Waals surface area contributed by atoms with Gasteiger partial charge in [-0.05, 0) is 6.08 Å². The minimum absolute atomic E-state index is 0.287. The van der Waals surface area contributed by atoms with Crippen molar-refractivity contribution in [2.75, 3.05) is 6.61 Å². The number of aliphatic hydroxyl groups is 2. The molecular weight excluding hydrogens is 132 g/mol. The molecular formula is C7H10O3. The van der Waals surface area contributed by atoms with Crippen molar-refractivity contribution in [3.8, 4) is 0 Å². The van der Waals surface area contributed by atoms with Gasteiger partial charge < -0.3 is 14.9 Å². The molecule has 1 unspecified atom stereocenters. The van der Waals surface area contributed by atoms with Crippen LogP contribution in [0.15, 0.2) is 25.3 Å². The molecule has 0 aromatic rings. The summed E-state index contributed by atoms with van der Waals surface area (Å²) < 4.78 is 4.81. The van der Waals surface area contributed by atoms with E-state index in [-0.39, 0.29) is 6.61 Å². The van der Waals surface area contributed by atoms with Gasteiger partial charge in [-0.2, -0.15) is 0 Å². The SMILES string of the molecule is C=CC(O)(O)C1(C=C)CO1. The third kappa shape index (κ3) is 0.794. The Morgan fingerprint density at radius 2 is 2.00 bits per heavy atom. The first-order valence-electron chi connectivity index (χ1n) is 2.94. The molecule has 0 radical (unpaired) electrons. The maximum atomic E-state index is 9.15. The second kappa shape index (κ2) is 1.92. The Hall–Kier alpha value is -0.640. The van der Waals surface area contributed by atoms with Gasteiger partial charge in [-0.15, -0.1) is 0 Å². The molecule has 3 nitrogen and oxygen atoms in total. The van der Waals surface area contributed by atoms with E-state index in [1.807, 2.05) is 0 Å². The van der Waals surface area contributed by atoms with Crippen LogP contribution in [0, 0.1) is 0 Å². The summed E-state index contributed by atoms with van der Waals surface area (Å²) in [5.74, 6) is -1.98. The summed E-state index contributed by atoms with van der Waals surface area (Å²) in [6, 6.07) is 0. The Bertz CT molecular complexity index is 160. The van der Waals surface area contributed by atoms with E-state index in [4.69, 9.17) is 14.9 Å². The molecule has 0 bridgehead atoms. The molecule has 0 amide bonds. The highest BCUT2D eigenvalue weighted by atomic mass is 16.6. The van der Waals surface area contributed by atoms with Gasteiger partial charge in [0, 0.05) is 0 Å². The van der Waals surface area contributed by atoms with Gasteiger partial charge in [-0.1, -0.05) is 19.2 Å². The summed E-state index contributed by atoms with van der Waals surface area (Å²) in [5, 5.41) is 18.3. The van der Waals surface area contributed by atoms with Crippen LogP contribution in [-0.4, -0.2) is 28.2 Å². The largest absolute Gasteiger partial charge is 0.360 e. The highest BCUT2D eigenvalue weighted by molar-refractivity contribution is 5.19. The summed E-state index contributed by atoms with van der Waals surface area (Å²) in [4.78, 5) is 0. The van der Waals surface area contributed by atoms with Gasteiger partial charge in [0.25, 0.3) is 0 Å². The van der Waals surface area contributed by atoms with E-state index in [0.717, 1.165) is 6.08 Å². The number of rotatable bonds is 3. The van der Waals surface area contributed by atoms with Crippen LogP contribution >= 0.6 is 0 Å². The Labute approximate surface area is 59.2 Å². The van der Waals surface area contributed by atoms with Crippen LogP contribution in [0.4, 0.5) is 0 Å². The topological polar surface area (TPSA) is 53.0 Å². The number of hydrogen-bond acceptors (Lipinski definition) is 3. The molecule has 10 heavy (non-hydrogen) atoms. The van der Waals surface area contributed by atoms with Crippen LogP contribution in [-0.2, 0) is 4.74 Å². The van der Waals surface area contributed by atoms with E-state index in [1.165, 1.54) is 6.08 Å². The van der Waals surface area contributed by atoms with E-state index >= 15 is 0 Å². The molecule has 1 atom stereocenters. The fourth-order valence-corrected chi connectivity index (χ4v) is 0.731. The third-order valence-electron chi connectivity index (χ3n) is 1.69. The van der Waals surface area contributed by atoms with Gasteiger partial charge in [-0.3, -0.25) is 0 Å². The Balaban J connectivity index is 2.80. The Morgan fingerprint density at radius 3 is 2.10 bits per heavy atom. The lowest BCUT2D eigenvalue weighted by molar-refractivity contribution is -0.155. The molecule has 1 heterocycles. The lowest BCUT2D eigenvalue weighted by Crippen LogP contribution is -2.41. The van der Waals surface area contributed by atoms with Crippen LogP contribution in [0.2, 0.25) is 0 Å². The van der Waals surface area contributed by atoms with E-state index < -0.39 is 11.4 Å². The van der Waals surface area contributed by atoms with Gasteiger partial charge in [-0.25, -0.2) is 0 Å². The highest BCUT2D eigenvalue weighted by Crippen LogP contribution is 2.38. The molecule has 1 saturated heterocycles. The first-order chi connectivity index (χ1) is 4.58. The molecule has 1 fully saturated rings. The van der Waals surface area contributed by atoms with Crippen LogP contribution in [0.3, 0.4) is 0 Å². The maximum Gasteiger partial charge on any atom is 0.218 e. The van der Waals surface area contributed by atoms with Crippen LogP contribution in [0.5, 0.6) is 0 Å². The lowest BCUT2D eigenvalue weighted by atomic mass is 10.0. The molecule has 1 aliphatic heterocycles. The van der Waals surface area contributed by atoms with Crippen molar-refractivity contribution < 1.29 is 14.9 Å². The zero-order chi connectivity index (χ0) is 7.83. The smallest absolute Gasteiger partial charge is 0.218 e. The molecule has 0 aromatic heterocycles. The molecule has 0 aliphatic carbocycles. The number of epoxide rings is 1. The lowest BCUT2D eigenvalue weighted by Gasteiger charge is -2.21. The van der Waals surface area contributed by atoms with Gasteiger partial charge >= 0.3 is 0 Å². The fourth-order valence-electron chi connectivity index (χ4n) is 0.731. The first-order valence-corrected chi connectivity index (χ1v) is 2.94. The minimum Gasteiger partial charge on any atom is -0.360 e. The van der Waals surface area contributed by atoms with Crippen LogP contribution in [0.1, 0.15) is 0 Å². The van der Waals surface area contributed by atoms with Gasteiger partial charge in [0.15, 0.2) is 5.60 Å². The Kier molecular flexibility index (Phi) is 1.43. The molecule has 56 valence electrons. The average molecular weight is 142 g/mol. The fraction of sp³-hybridized carbons (Fsp3) is 0.429. The molecule has 1 rings (SSSR count). The zero-order valence-electron chi connectivity index (χ0n) is 5.58. The monoisotopic (exact) mass is 142 g/mol. The van der Waals surface area contributed by atoms with Crippen LogP contribution < -0.4 is 0 Å². The summed E-state index contributed by atoms with van der Waals surface area (Å²) >= 11 is 0. The molecule has 0 aromatic carbocycles. The number of hydrogen-bond donors (Lipinski definition) is 2. The summed E-state index contributed by atoms with van der Waals surface area (Å²) in [5.41, 5.74) is -1.01. The summed E-state index contributed by atoms with van der Waals surface area (Å²) in [6.07, 6.45) is 2.40. The molecule has 2 N–H and O–H groups in total. The summed E-state index contributed by atoms with van der Waals surface area (Å²) in [6.45, 7) is 6.96. The molecule has 1 aliphatic rings. The van der Waals surface area contributed by atoms with Crippen molar-refractivity contribution in [3.63, 3.8) is 0 Å². The van der Waals surface area contributed by atoms with Crippen molar-refractivity contribution >= 4 is 0 Å². The first kappa shape index (κ1) is 7.47. The van der Waals surface area contributed by atoms with E-state index in [1.54, 1.807) is 0 Å². The maximum absolute atomic E-state index is 9.15. The minimum atomic E-state index is -1.98. The zero-order valence-corrected chi connectivity index (χ0v) is 5.58. The predicted octanol–water partition coefficient (Wildman–Crippen LogP) is -0.192. The van der Waals surface area contributed by atoms with E-state index in [2.05, 4.69) is 13.2 Å². The van der Waals surface area contributed by atoms with Crippen molar-refractivity contribution in [3.05, 3.63) is 25.3 Å². The molecule has 0 spiro atoms. The Morgan fingerprint density at radius 1 is 1.50 bits per heavy atom. The highest BCUT2D eigenvalue weighted by Gasteiger charge is 2.57. The van der Waals surface area contributed by atoms with Gasteiger partial charge in [0.1, 0.15) is 0 Å². The third-order valence-corrected chi connectivity index (χ3v) is 1.69. The van der Waals surface area contributed by atoms with Crippen molar-refractivity contribution in [1.82, 2.24) is 0 Å². The van der Waals surface area contributed by atoms with Crippen LogP contribution in [0.25, 0.3) is 0 Å².